The zero-order chi connectivity index (χ0) is 25.4. The van der Waals surface area contributed by atoms with E-state index >= 15 is 0 Å². The van der Waals surface area contributed by atoms with Crippen molar-refractivity contribution >= 4 is 46.6 Å². The summed E-state index contributed by atoms with van der Waals surface area (Å²) in [6.45, 7) is -0.604. The summed E-state index contributed by atoms with van der Waals surface area (Å²) in [6, 6.07) is 16.7. The third kappa shape index (κ3) is 7.70. The van der Waals surface area contributed by atoms with Crippen LogP contribution in [0.1, 0.15) is 15.9 Å². The Morgan fingerprint density at radius 2 is 1.60 bits per heavy atom. The topological polar surface area (TPSA) is 87.7 Å². The number of nitrogens with one attached hydrogen (secondary N) is 2. The molecule has 3 rings (SSSR count). The van der Waals surface area contributed by atoms with Gasteiger partial charge in [0.25, 0.3) is 5.91 Å². The van der Waals surface area contributed by atoms with E-state index < -0.39 is 23.5 Å². The van der Waals surface area contributed by atoms with E-state index in [-0.39, 0.29) is 35.2 Å². The Balaban J connectivity index is 1.65. The molecule has 0 unspecified atom stereocenters. The Bertz CT molecular complexity index is 1200. The second kappa shape index (κ2) is 12.2. The van der Waals surface area contributed by atoms with Gasteiger partial charge in [0.15, 0.2) is 0 Å². The van der Waals surface area contributed by atoms with E-state index in [1.807, 2.05) is 0 Å². The number of benzene rings is 3. The lowest BCUT2D eigenvalue weighted by atomic mass is 10.1. The molecule has 0 radical (unpaired) electrons. The van der Waals surface area contributed by atoms with Gasteiger partial charge in [0.1, 0.15) is 18.1 Å². The SMILES string of the molecule is COc1ccc(NC(=O)CNC(=O)CN(Cc2ccc(F)cc2)C(=O)c2ccc(Cl)c(Cl)c2)cc1. The summed E-state index contributed by atoms with van der Waals surface area (Å²) >= 11 is 12.0. The zero-order valence-electron chi connectivity index (χ0n) is 18.7. The molecule has 3 amide bonds. The van der Waals surface area contributed by atoms with Crippen LogP contribution >= 0.6 is 23.2 Å². The van der Waals surface area contributed by atoms with Crippen LogP contribution in [-0.2, 0) is 16.1 Å². The van der Waals surface area contributed by atoms with Gasteiger partial charge in [-0.2, -0.15) is 0 Å². The third-order valence-electron chi connectivity index (χ3n) is 4.89. The van der Waals surface area contributed by atoms with Crippen LogP contribution in [0, 0.1) is 5.82 Å². The molecule has 7 nitrogen and oxygen atoms in total. The molecule has 10 heteroatoms. The van der Waals surface area contributed by atoms with Gasteiger partial charge in [-0.05, 0) is 60.2 Å². The van der Waals surface area contributed by atoms with E-state index in [0.29, 0.717) is 17.0 Å². The molecule has 0 heterocycles. The van der Waals surface area contributed by atoms with Gasteiger partial charge in [-0.3, -0.25) is 14.4 Å². The Morgan fingerprint density at radius 1 is 0.914 bits per heavy atom. The van der Waals surface area contributed by atoms with Crippen molar-refractivity contribution in [3.05, 3.63) is 93.7 Å². The molecule has 35 heavy (non-hydrogen) atoms. The minimum absolute atomic E-state index is 0.0326. The number of amides is 3. The van der Waals surface area contributed by atoms with Crippen molar-refractivity contribution in [2.45, 2.75) is 6.54 Å². The van der Waals surface area contributed by atoms with E-state index in [0.717, 1.165) is 0 Å². The van der Waals surface area contributed by atoms with Gasteiger partial charge in [-0.1, -0.05) is 35.3 Å². The van der Waals surface area contributed by atoms with E-state index in [1.165, 1.54) is 54.5 Å². The molecule has 3 aromatic rings. The first-order valence-corrected chi connectivity index (χ1v) is 11.2. The summed E-state index contributed by atoms with van der Waals surface area (Å²) in [7, 11) is 1.54. The summed E-state index contributed by atoms with van der Waals surface area (Å²) in [6.07, 6.45) is 0. The molecule has 0 aromatic heterocycles. The molecule has 0 saturated carbocycles. The number of hydrogen-bond donors (Lipinski definition) is 2. The Kier molecular flexibility index (Phi) is 9.05. The van der Waals surface area contributed by atoms with Crippen molar-refractivity contribution in [2.24, 2.45) is 0 Å². The predicted molar refractivity (Wildman–Crippen MR) is 132 cm³/mol. The third-order valence-corrected chi connectivity index (χ3v) is 5.63. The average Bonchev–Trinajstić information content (AvgIpc) is 2.85. The first-order chi connectivity index (χ1) is 16.7. The highest BCUT2D eigenvalue weighted by Crippen LogP contribution is 2.23. The molecule has 3 aromatic carbocycles. The summed E-state index contributed by atoms with van der Waals surface area (Å²) in [4.78, 5) is 39.2. The molecule has 0 aliphatic rings. The molecule has 0 bridgehead atoms. The number of ether oxygens (including phenoxy) is 1. The fraction of sp³-hybridized carbons (Fsp3) is 0.160. The summed E-state index contributed by atoms with van der Waals surface area (Å²) in [5.41, 5.74) is 1.38. The van der Waals surface area contributed by atoms with Crippen molar-refractivity contribution in [3.63, 3.8) is 0 Å². The van der Waals surface area contributed by atoms with Gasteiger partial charge in [0.2, 0.25) is 11.8 Å². The largest absolute Gasteiger partial charge is 0.497 e. The van der Waals surface area contributed by atoms with E-state index in [9.17, 15) is 18.8 Å². The van der Waals surface area contributed by atoms with E-state index in [1.54, 1.807) is 24.3 Å². The number of methoxy groups -OCH3 is 1. The monoisotopic (exact) mass is 517 g/mol. The Labute approximate surface area is 211 Å². The highest BCUT2D eigenvalue weighted by Gasteiger charge is 2.21. The van der Waals surface area contributed by atoms with Crippen LogP contribution in [0.2, 0.25) is 10.0 Å². The highest BCUT2D eigenvalue weighted by molar-refractivity contribution is 6.42. The fourth-order valence-electron chi connectivity index (χ4n) is 3.11. The van der Waals surface area contributed by atoms with Gasteiger partial charge < -0.3 is 20.3 Å². The first-order valence-electron chi connectivity index (χ1n) is 10.4. The van der Waals surface area contributed by atoms with Gasteiger partial charge in [0.05, 0.1) is 23.7 Å². The average molecular weight is 518 g/mol. The van der Waals surface area contributed by atoms with Gasteiger partial charge in [-0.25, -0.2) is 4.39 Å². The number of hydrogen-bond acceptors (Lipinski definition) is 4. The molecule has 0 aliphatic heterocycles. The van der Waals surface area contributed by atoms with E-state index in [4.69, 9.17) is 27.9 Å². The summed E-state index contributed by atoms with van der Waals surface area (Å²) in [5, 5.41) is 5.63. The predicted octanol–water partition coefficient (Wildman–Crippen LogP) is 4.54. The van der Waals surface area contributed by atoms with Crippen molar-refractivity contribution < 1.29 is 23.5 Å². The number of rotatable bonds is 9. The van der Waals surface area contributed by atoms with Crippen LogP contribution in [0.4, 0.5) is 10.1 Å². The molecular weight excluding hydrogens is 496 g/mol. The van der Waals surface area contributed by atoms with Crippen LogP contribution in [0.3, 0.4) is 0 Å². The number of nitrogens with zero attached hydrogens (tertiary/aromatic N) is 1. The normalized spacial score (nSPS) is 10.4. The van der Waals surface area contributed by atoms with Crippen LogP contribution in [0.15, 0.2) is 66.7 Å². The minimum atomic E-state index is -0.551. The molecule has 0 aliphatic carbocycles. The molecule has 0 fully saturated rings. The summed E-state index contributed by atoms with van der Waals surface area (Å²) in [5.74, 6) is -1.25. The fourth-order valence-corrected chi connectivity index (χ4v) is 3.41. The summed E-state index contributed by atoms with van der Waals surface area (Å²) < 4.78 is 18.4. The smallest absolute Gasteiger partial charge is 0.254 e. The van der Waals surface area contributed by atoms with Crippen molar-refractivity contribution in [1.82, 2.24) is 10.2 Å². The second-order valence-corrected chi connectivity index (χ2v) is 8.28. The second-order valence-electron chi connectivity index (χ2n) is 7.47. The highest BCUT2D eigenvalue weighted by atomic mass is 35.5. The lowest BCUT2D eigenvalue weighted by Gasteiger charge is -2.23. The Hall–Kier alpha value is -3.62. The molecule has 0 spiro atoms. The molecule has 182 valence electrons. The lowest BCUT2D eigenvalue weighted by Crippen LogP contribution is -2.42. The maximum atomic E-state index is 13.3. The maximum absolute atomic E-state index is 13.3. The van der Waals surface area contributed by atoms with Crippen LogP contribution in [0.25, 0.3) is 0 Å². The molecule has 0 saturated heterocycles. The van der Waals surface area contributed by atoms with E-state index in [2.05, 4.69) is 10.6 Å². The van der Waals surface area contributed by atoms with Gasteiger partial charge >= 0.3 is 0 Å². The maximum Gasteiger partial charge on any atom is 0.254 e. The molecule has 2 N–H and O–H groups in total. The van der Waals surface area contributed by atoms with Crippen LogP contribution in [0.5, 0.6) is 5.75 Å². The number of anilines is 1. The quantitative estimate of drug-likeness (QED) is 0.436. The van der Waals surface area contributed by atoms with Gasteiger partial charge in [-0.15, -0.1) is 0 Å². The van der Waals surface area contributed by atoms with Crippen molar-refractivity contribution in [1.29, 1.82) is 0 Å². The number of carbonyl (C=O) groups is 3. The minimum Gasteiger partial charge on any atom is -0.497 e. The lowest BCUT2D eigenvalue weighted by molar-refractivity contribution is -0.124. The Morgan fingerprint density at radius 3 is 2.23 bits per heavy atom. The van der Waals surface area contributed by atoms with Crippen LogP contribution < -0.4 is 15.4 Å². The van der Waals surface area contributed by atoms with Crippen molar-refractivity contribution in [2.75, 3.05) is 25.5 Å². The zero-order valence-corrected chi connectivity index (χ0v) is 20.2. The molecular formula is C25H22Cl2FN3O4. The van der Waals surface area contributed by atoms with Crippen molar-refractivity contribution in [3.8, 4) is 5.75 Å². The first kappa shape index (κ1) is 26.0. The molecule has 0 atom stereocenters. The van der Waals surface area contributed by atoms with Gasteiger partial charge in [0, 0.05) is 17.8 Å². The van der Waals surface area contributed by atoms with Crippen LogP contribution in [-0.4, -0.2) is 42.8 Å². The standard InChI is InChI=1S/C25H22Cl2FN3O4/c1-35-20-9-7-19(8-10-20)30-23(32)13-29-24(33)15-31(14-16-2-5-18(28)6-3-16)25(34)17-4-11-21(26)22(27)12-17/h2-12H,13-15H2,1H3,(H,29,33)(H,30,32). The number of halogens is 3. The number of carbonyl (C=O) groups excluding carboxylic acids is 3.